The number of aliphatic hydroxyl groups excluding tert-OH is 1. The number of ether oxygens (including phenoxy) is 1. The molecule has 2 aliphatic heterocycles. The molecule has 2 aromatic heterocycles. The van der Waals surface area contributed by atoms with Crippen molar-refractivity contribution in [1.82, 2.24) is 45.1 Å². The van der Waals surface area contributed by atoms with Gasteiger partial charge in [0.15, 0.2) is 5.13 Å². The van der Waals surface area contributed by atoms with E-state index in [-0.39, 0.29) is 61.0 Å². The van der Waals surface area contributed by atoms with E-state index in [2.05, 4.69) is 40.7 Å². The number of aliphatic carboxylic acids is 1. The first-order valence-electron chi connectivity index (χ1n) is 13.6. The van der Waals surface area contributed by atoms with Crippen molar-refractivity contribution < 1.29 is 39.0 Å². The summed E-state index contributed by atoms with van der Waals surface area (Å²) in [5.74, 6) is -2.18. The molecule has 4 rings (SSSR count). The molecular formula is C23H33N11O8S3. The molecule has 22 heteroatoms. The number of rotatable bonds is 14. The number of anilines is 1. The number of nitrogens with zero attached hydrogens (tertiary/aromatic N) is 8. The lowest BCUT2D eigenvalue weighted by Gasteiger charge is -2.53. The van der Waals surface area contributed by atoms with Crippen LogP contribution in [0.2, 0.25) is 0 Å². The van der Waals surface area contributed by atoms with E-state index in [9.17, 15) is 29.4 Å². The number of oxime groups is 1. The number of carbonyl (C=O) groups excluding carboxylic acids is 3. The maximum atomic E-state index is 13.2. The van der Waals surface area contributed by atoms with Gasteiger partial charge in [-0.15, -0.1) is 16.9 Å². The Morgan fingerprint density at radius 3 is 2.76 bits per heavy atom. The van der Waals surface area contributed by atoms with Crippen LogP contribution in [-0.4, -0.2) is 129 Å². The minimum Gasteiger partial charge on any atom is -0.481 e. The van der Waals surface area contributed by atoms with Gasteiger partial charge in [-0.1, -0.05) is 16.9 Å². The van der Waals surface area contributed by atoms with E-state index < -0.39 is 46.3 Å². The number of fused-ring (bicyclic) bond motifs is 1. The fourth-order valence-corrected chi connectivity index (χ4v) is 7.32. The maximum Gasteiger partial charge on any atom is 0.407 e. The molecule has 0 radical (unpaired) electrons. The lowest BCUT2D eigenvalue weighted by Crippen LogP contribution is -2.74. The topological polar surface area (TPSA) is 262 Å². The van der Waals surface area contributed by atoms with E-state index in [1.807, 2.05) is 0 Å². The van der Waals surface area contributed by atoms with Crippen LogP contribution in [0.3, 0.4) is 0 Å². The van der Waals surface area contributed by atoms with Gasteiger partial charge >= 0.3 is 12.1 Å². The Morgan fingerprint density at radius 1 is 1.31 bits per heavy atom. The van der Waals surface area contributed by atoms with E-state index >= 15 is 0 Å². The zero-order valence-electron chi connectivity index (χ0n) is 24.5. The number of carbonyl (C=O) groups is 4. The average Bonchev–Trinajstić information content (AvgIpc) is 3.61. The summed E-state index contributed by atoms with van der Waals surface area (Å²) in [6.07, 6.45) is -0.230. The number of amides is 3. The minimum absolute atomic E-state index is 0.0302. The van der Waals surface area contributed by atoms with Crippen molar-refractivity contribution >= 4 is 69.8 Å². The number of aromatic nitrogens is 6. The van der Waals surface area contributed by atoms with Crippen LogP contribution in [0.5, 0.6) is 0 Å². The van der Waals surface area contributed by atoms with Crippen molar-refractivity contribution in [2.75, 3.05) is 43.5 Å². The summed E-state index contributed by atoms with van der Waals surface area (Å²) >= 11 is 3.20. The molecule has 0 bridgehead atoms. The van der Waals surface area contributed by atoms with Crippen LogP contribution in [-0.2, 0) is 30.5 Å². The molecule has 0 saturated carbocycles. The number of nitrogen functional groups attached to an aromatic ring is 1. The molecule has 0 spiro atoms. The smallest absolute Gasteiger partial charge is 0.407 e. The molecule has 2 aliphatic rings. The van der Waals surface area contributed by atoms with Crippen LogP contribution in [0.25, 0.3) is 0 Å². The number of thioether (sulfide) groups is 2. The summed E-state index contributed by atoms with van der Waals surface area (Å²) in [5, 5.41) is 39.6. The summed E-state index contributed by atoms with van der Waals surface area (Å²) < 4.78 is 10.5. The van der Waals surface area contributed by atoms with Crippen LogP contribution in [0, 0.1) is 5.41 Å². The molecule has 45 heavy (non-hydrogen) atoms. The Labute approximate surface area is 269 Å². The van der Waals surface area contributed by atoms with Gasteiger partial charge in [0, 0.05) is 42.5 Å². The molecule has 2 fully saturated rings. The van der Waals surface area contributed by atoms with Gasteiger partial charge in [-0.3, -0.25) is 14.4 Å². The molecule has 246 valence electrons. The van der Waals surface area contributed by atoms with E-state index in [0.29, 0.717) is 11.6 Å². The highest BCUT2D eigenvalue weighted by Gasteiger charge is 2.57. The molecule has 19 nitrogen and oxygen atoms in total. The van der Waals surface area contributed by atoms with Gasteiger partial charge < -0.3 is 41.1 Å². The summed E-state index contributed by atoms with van der Waals surface area (Å²) in [4.78, 5) is 61.2. The molecule has 4 heterocycles. The predicted molar refractivity (Wildman–Crippen MR) is 161 cm³/mol. The van der Waals surface area contributed by atoms with Gasteiger partial charge in [0.25, 0.3) is 5.91 Å². The number of aliphatic hydroxyl groups is 1. The molecule has 3 atom stereocenters. The first-order valence-corrected chi connectivity index (χ1v) is 16.4. The molecule has 0 aromatic carbocycles. The number of alkyl carbamates (subject to hydrolysis) is 1. The zero-order valence-corrected chi connectivity index (χ0v) is 27.0. The van der Waals surface area contributed by atoms with E-state index in [1.165, 1.54) is 21.3 Å². The third kappa shape index (κ3) is 8.49. The summed E-state index contributed by atoms with van der Waals surface area (Å²) in [6.45, 7) is 5.39. The minimum atomic E-state index is -1.30. The second kappa shape index (κ2) is 14.6. The predicted octanol–water partition coefficient (Wildman–Crippen LogP) is -1.00. The van der Waals surface area contributed by atoms with Gasteiger partial charge in [0.2, 0.25) is 22.6 Å². The Bertz CT molecular complexity index is 1430. The number of carboxylic acids is 1. The number of carboxylic acid groups (broad SMARTS) is 1. The van der Waals surface area contributed by atoms with E-state index in [4.69, 9.17) is 15.3 Å². The van der Waals surface area contributed by atoms with Crippen LogP contribution in [0.1, 0.15) is 33.0 Å². The maximum absolute atomic E-state index is 13.2. The molecule has 2 saturated heterocycles. The molecule has 6 N–H and O–H groups in total. The first-order chi connectivity index (χ1) is 21.3. The fourth-order valence-electron chi connectivity index (χ4n) is 4.12. The third-order valence-corrected chi connectivity index (χ3v) is 9.66. The number of β-lactam (4-membered cyclic amide) rings is 1. The van der Waals surface area contributed by atoms with Gasteiger partial charge in [0.05, 0.1) is 13.2 Å². The molecular weight excluding hydrogens is 655 g/mol. The van der Waals surface area contributed by atoms with Crippen molar-refractivity contribution in [2.45, 2.75) is 55.9 Å². The standard InChI is InChI=1S/C23H33N11O8S3/c1-22(2,3)42-21(40)25-5-4-8-41-29-12(14-27-19(24)45-30-14)15(36)26-13-16(37)33-9-23(18(38)39,10-43-17(13)33)11-44-20-28-31-32-34(20)6-7-35/h13,17,35H,4-11H2,1-3H3,(H,25,40)(H,26,36)(H,38,39)(H2,24,27,30)/t13?,17-,23?/m1/s1. The Kier molecular flexibility index (Phi) is 11.0. The largest absolute Gasteiger partial charge is 0.481 e. The zero-order chi connectivity index (χ0) is 32.8. The normalized spacial score (nSPS) is 21.5. The van der Waals surface area contributed by atoms with Crippen LogP contribution < -0.4 is 16.4 Å². The van der Waals surface area contributed by atoms with E-state index in [1.54, 1.807) is 20.8 Å². The molecule has 2 aromatic rings. The van der Waals surface area contributed by atoms with Gasteiger partial charge in [0.1, 0.15) is 29.0 Å². The van der Waals surface area contributed by atoms with E-state index in [0.717, 1.165) is 23.3 Å². The number of nitrogens with one attached hydrogen (secondary N) is 2. The summed E-state index contributed by atoms with van der Waals surface area (Å²) in [6, 6.07) is -0.946. The summed E-state index contributed by atoms with van der Waals surface area (Å²) in [5.41, 5.74) is 3.46. The van der Waals surface area contributed by atoms with Crippen molar-refractivity contribution in [3.8, 4) is 0 Å². The molecule has 0 aliphatic carbocycles. The highest BCUT2D eigenvalue weighted by atomic mass is 32.2. The lowest BCUT2D eigenvalue weighted by molar-refractivity contribution is -0.157. The van der Waals surface area contributed by atoms with Crippen molar-refractivity contribution in [3.63, 3.8) is 0 Å². The van der Waals surface area contributed by atoms with Crippen LogP contribution in [0.4, 0.5) is 9.93 Å². The average molecular weight is 688 g/mol. The fraction of sp³-hybridized carbons (Fsp3) is 0.652. The Hall–Kier alpha value is -3.76. The van der Waals surface area contributed by atoms with Gasteiger partial charge in [-0.2, -0.15) is 9.36 Å². The monoisotopic (exact) mass is 687 g/mol. The number of nitrogens with two attached hydrogens (primary N) is 1. The Balaban J connectivity index is 1.34. The van der Waals surface area contributed by atoms with Crippen LogP contribution in [0.15, 0.2) is 10.3 Å². The first kappa shape index (κ1) is 34.1. The number of hydrogen-bond acceptors (Lipinski definition) is 17. The third-order valence-electron chi connectivity index (χ3n) is 6.28. The molecule has 3 amide bonds. The van der Waals surface area contributed by atoms with Crippen molar-refractivity contribution in [2.24, 2.45) is 10.6 Å². The second-order valence-electron chi connectivity index (χ2n) is 10.9. The van der Waals surface area contributed by atoms with Gasteiger partial charge in [-0.05, 0) is 31.2 Å². The quantitative estimate of drug-likeness (QED) is 0.0524. The Morgan fingerprint density at radius 2 is 2.09 bits per heavy atom. The number of tetrazole rings is 1. The van der Waals surface area contributed by atoms with Crippen molar-refractivity contribution in [3.05, 3.63) is 5.82 Å². The SMILES string of the molecule is CC(C)(C)OC(=O)NCCCON=C(C(=O)NC1C(=O)N2CC(CSc3nnnn3CCO)(C(=O)O)CS[C@H]12)c1nsc(N)n1. The van der Waals surface area contributed by atoms with Crippen molar-refractivity contribution in [1.29, 1.82) is 0 Å². The summed E-state index contributed by atoms with van der Waals surface area (Å²) in [7, 11) is 0. The highest BCUT2D eigenvalue weighted by molar-refractivity contribution is 8.00. The van der Waals surface area contributed by atoms with Crippen LogP contribution >= 0.6 is 35.1 Å². The van der Waals surface area contributed by atoms with Gasteiger partial charge in [-0.25, -0.2) is 9.48 Å². The lowest BCUT2D eigenvalue weighted by atomic mass is 9.89. The highest BCUT2D eigenvalue weighted by Crippen LogP contribution is 2.44. The second-order valence-corrected chi connectivity index (χ2v) is 13.7. The molecule has 2 unspecified atom stereocenters. The number of hydrogen-bond donors (Lipinski definition) is 5.